The van der Waals surface area contributed by atoms with Crippen LogP contribution in [0.4, 0.5) is 0 Å². The molecule has 0 saturated carbocycles. The maximum absolute atomic E-state index is 13.4. The lowest BCUT2D eigenvalue weighted by Gasteiger charge is -2.30. The zero-order chi connectivity index (χ0) is 25.3. The van der Waals surface area contributed by atoms with Crippen LogP contribution >= 0.6 is 0 Å². The summed E-state index contributed by atoms with van der Waals surface area (Å²) in [5, 5.41) is 5.19. The Bertz CT molecular complexity index is 814. The van der Waals surface area contributed by atoms with Crippen molar-refractivity contribution in [3.05, 3.63) is 0 Å². The normalized spacial score (nSPS) is 20.5. The summed E-state index contributed by atoms with van der Waals surface area (Å²) in [6.07, 6.45) is 2.76. The zero-order valence-corrected chi connectivity index (χ0v) is 19.2. The molecule has 0 bridgehead atoms. The van der Waals surface area contributed by atoms with Gasteiger partial charge >= 0.3 is 0 Å². The number of carbonyl (C=O) groups excluding carboxylic acids is 5. The number of guanidine groups is 1. The van der Waals surface area contributed by atoms with E-state index in [2.05, 4.69) is 15.6 Å². The van der Waals surface area contributed by atoms with Crippen LogP contribution in [0.2, 0.25) is 0 Å². The fourth-order valence-electron chi connectivity index (χ4n) is 4.28. The Kier molecular flexibility index (Phi) is 10.0. The number of nitrogens with two attached hydrogens (primary N) is 4. The molecule has 2 heterocycles. The first-order valence-corrected chi connectivity index (χ1v) is 11.4. The fraction of sp³-hybridized carbons (Fsp3) is 0.700. The van der Waals surface area contributed by atoms with E-state index in [9.17, 15) is 24.0 Å². The second kappa shape index (κ2) is 12.7. The summed E-state index contributed by atoms with van der Waals surface area (Å²) in [6.45, 7) is 0.468. The molecule has 0 aromatic rings. The van der Waals surface area contributed by atoms with E-state index in [0.29, 0.717) is 45.2 Å². The molecule has 14 heteroatoms. The molecule has 34 heavy (non-hydrogen) atoms. The van der Waals surface area contributed by atoms with Crippen LogP contribution in [0.15, 0.2) is 4.99 Å². The molecule has 0 aromatic heterocycles. The summed E-state index contributed by atoms with van der Waals surface area (Å²) in [4.78, 5) is 68.7. The molecule has 2 saturated heterocycles. The van der Waals surface area contributed by atoms with Crippen LogP contribution in [0.5, 0.6) is 0 Å². The van der Waals surface area contributed by atoms with E-state index in [1.54, 1.807) is 0 Å². The number of primary amides is 1. The molecular formula is C20H35N9O5. The van der Waals surface area contributed by atoms with Crippen LogP contribution in [-0.2, 0) is 24.0 Å². The standard InChI is InChI=1S/C20H35N9O5/c21-10-16(31)28-8-2-6-14(28)18(33)27-12(4-1-7-25-20(23)24)19(34)29-9-3-5-13(29)17(32)26-11-15(22)30/h12-14H,1-11,21H2,(H2,22,30)(H,26,32)(H,27,33)(H4,23,24,25)/t12-,13-,14-/m0/s1. The van der Waals surface area contributed by atoms with Gasteiger partial charge in [-0.25, -0.2) is 0 Å². The van der Waals surface area contributed by atoms with Crippen molar-refractivity contribution in [1.29, 1.82) is 0 Å². The molecule has 10 N–H and O–H groups in total. The van der Waals surface area contributed by atoms with Crippen molar-refractivity contribution in [3.63, 3.8) is 0 Å². The number of rotatable bonds is 11. The van der Waals surface area contributed by atoms with Crippen LogP contribution in [0.1, 0.15) is 38.5 Å². The molecule has 2 fully saturated rings. The lowest BCUT2D eigenvalue weighted by atomic mass is 10.1. The molecule has 0 aliphatic carbocycles. The highest BCUT2D eigenvalue weighted by Gasteiger charge is 2.39. The number of nitrogens with zero attached hydrogens (tertiary/aromatic N) is 3. The third kappa shape index (κ3) is 7.30. The van der Waals surface area contributed by atoms with Gasteiger partial charge in [0.1, 0.15) is 18.1 Å². The SMILES string of the molecule is NCC(=O)N1CCC[C@H]1C(=O)N[C@@H](CCCN=C(N)N)C(=O)N1CCC[C@H]1C(=O)NCC(N)=O. The van der Waals surface area contributed by atoms with Gasteiger partial charge in [-0.05, 0) is 38.5 Å². The number of amides is 5. The zero-order valence-electron chi connectivity index (χ0n) is 19.2. The van der Waals surface area contributed by atoms with Crippen LogP contribution in [-0.4, -0.2) is 96.1 Å². The first kappa shape index (κ1) is 26.8. The first-order chi connectivity index (χ1) is 16.1. The van der Waals surface area contributed by atoms with Crippen molar-refractivity contribution in [2.24, 2.45) is 27.9 Å². The predicted molar refractivity (Wildman–Crippen MR) is 123 cm³/mol. The van der Waals surface area contributed by atoms with Gasteiger partial charge in [0.25, 0.3) is 0 Å². The van der Waals surface area contributed by atoms with Crippen molar-refractivity contribution in [2.45, 2.75) is 56.7 Å². The highest BCUT2D eigenvalue weighted by molar-refractivity contribution is 5.95. The summed E-state index contributed by atoms with van der Waals surface area (Å²) < 4.78 is 0. The van der Waals surface area contributed by atoms with E-state index < -0.39 is 41.8 Å². The highest BCUT2D eigenvalue weighted by atomic mass is 16.2. The molecular weight excluding hydrogens is 446 g/mol. The molecule has 0 spiro atoms. The molecule has 0 aromatic carbocycles. The Hall–Kier alpha value is -3.42. The van der Waals surface area contributed by atoms with Gasteiger partial charge in [-0.1, -0.05) is 0 Å². The highest BCUT2D eigenvalue weighted by Crippen LogP contribution is 2.21. The molecule has 0 unspecified atom stereocenters. The molecule has 3 atom stereocenters. The molecule has 2 rings (SSSR count). The molecule has 5 amide bonds. The largest absolute Gasteiger partial charge is 0.370 e. The topological polar surface area (TPSA) is 232 Å². The van der Waals surface area contributed by atoms with E-state index in [1.807, 2.05) is 0 Å². The molecule has 2 aliphatic heterocycles. The molecule has 2 aliphatic rings. The van der Waals surface area contributed by atoms with Gasteiger partial charge in [0.15, 0.2) is 5.96 Å². The second-order valence-electron chi connectivity index (χ2n) is 8.33. The van der Waals surface area contributed by atoms with Crippen molar-refractivity contribution in [2.75, 3.05) is 32.7 Å². The Morgan fingerprint density at radius 3 is 2.15 bits per heavy atom. The second-order valence-corrected chi connectivity index (χ2v) is 8.33. The monoisotopic (exact) mass is 481 g/mol. The van der Waals surface area contributed by atoms with Crippen molar-refractivity contribution in [3.8, 4) is 0 Å². The van der Waals surface area contributed by atoms with E-state index in [1.165, 1.54) is 9.80 Å². The number of likely N-dealkylation sites (tertiary alicyclic amines) is 2. The smallest absolute Gasteiger partial charge is 0.245 e. The number of hydrogen-bond acceptors (Lipinski definition) is 7. The maximum atomic E-state index is 13.4. The minimum absolute atomic E-state index is 0.0838. The third-order valence-corrected chi connectivity index (χ3v) is 5.89. The number of nitrogens with one attached hydrogen (secondary N) is 2. The van der Waals surface area contributed by atoms with Gasteiger partial charge < -0.3 is 43.4 Å². The number of hydrogen-bond donors (Lipinski definition) is 6. The number of aliphatic imine (C=N–C) groups is 1. The van der Waals surface area contributed by atoms with Crippen molar-refractivity contribution >= 4 is 35.5 Å². The van der Waals surface area contributed by atoms with Crippen LogP contribution in [0.3, 0.4) is 0 Å². The third-order valence-electron chi connectivity index (χ3n) is 5.89. The van der Waals surface area contributed by atoms with Crippen molar-refractivity contribution < 1.29 is 24.0 Å². The average molecular weight is 482 g/mol. The minimum atomic E-state index is -0.943. The Morgan fingerprint density at radius 1 is 0.941 bits per heavy atom. The maximum Gasteiger partial charge on any atom is 0.245 e. The molecule has 190 valence electrons. The molecule has 0 radical (unpaired) electrons. The number of carbonyl (C=O) groups is 5. The van der Waals surface area contributed by atoms with E-state index in [-0.39, 0.29) is 37.9 Å². The van der Waals surface area contributed by atoms with Crippen LogP contribution in [0, 0.1) is 0 Å². The lowest BCUT2D eigenvalue weighted by molar-refractivity contribution is -0.143. The quantitative estimate of drug-likeness (QED) is 0.0966. The van der Waals surface area contributed by atoms with Crippen molar-refractivity contribution in [1.82, 2.24) is 20.4 Å². The Balaban J connectivity index is 2.13. The van der Waals surface area contributed by atoms with Gasteiger partial charge in [0.05, 0.1) is 13.1 Å². The summed E-state index contributed by atoms with van der Waals surface area (Å²) in [5.74, 6) is -2.47. The van der Waals surface area contributed by atoms with E-state index >= 15 is 0 Å². The Labute approximate surface area is 197 Å². The lowest BCUT2D eigenvalue weighted by Crippen LogP contribution is -2.56. The predicted octanol–water partition coefficient (Wildman–Crippen LogP) is -3.93. The summed E-state index contributed by atoms with van der Waals surface area (Å²) in [7, 11) is 0. The summed E-state index contributed by atoms with van der Waals surface area (Å²) in [6, 6.07) is -2.43. The van der Waals surface area contributed by atoms with Gasteiger partial charge in [-0.15, -0.1) is 0 Å². The van der Waals surface area contributed by atoms with Gasteiger partial charge in [0, 0.05) is 19.6 Å². The summed E-state index contributed by atoms with van der Waals surface area (Å²) in [5.41, 5.74) is 21.2. The fourth-order valence-corrected chi connectivity index (χ4v) is 4.28. The summed E-state index contributed by atoms with van der Waals surface area (Å²) >= 11 is 0. The molecule has 14 nitrogen and oxygen atoms in total. The van der Waals surface area contributed by atoms with E-state index in [0.717, 1.165) is 0 Å². The Morgan fingerprint density at radius 2 is 1.56 bits per heavy atom. The first-order valence-electron chi connectivity index (χ1n) is 11.4. The van der Waals surface area contributed by atoms with Gasteiger partial charge in [-0.2, -0.15) is 0 Å². The van der Waals surface area contributed by atoms with E-state index in [4.69, 9.17) is 22.9 Å². The van der Waals surface area contributed by atoms with Crippen LogP contribution in [0.25, 0.3) is 0 Å². The minimum Gasteiger partial charge on any atom is -0.370 e. The average Bonchev–Trinajstić information content (AvgIpc) is 3.48. The van der Waals surface area contributed by atoms with Crippen LogP contribution < -0.4 is 33.6 Å². The van der Waals surface area contributed by atoms with Gasteiger partial charge in [0.2, 0.25) is 29.5 Å². The van der Waals surface area contributed by atoms with Gasteiger partial charge in [-0.3, -0.25) is 29.0 Å².